The maximum atomic E-state index is 10.9. The monoisotopic (exact) mass is 216 g/mol. The zero-order valence-electron chi connectivity index (χ0n) is 8.74. The summed E-state index contributed by atoms with van der Waals surface area (Å²) in [6, 6.07) is 0. The first kappa shape index (κ1) is 11.5. The molecular weight excluding hydrogens is 200 g/mol. The summed E-state index contributed by atoms with van der Waals surface area (Å²) in [5.74, 6) is 0.234. The highest BCUT2D eigenvalue weighted by atomic mass is 32.2. The van der Waals surface area contributed by atoms with E-state index in [1.165, 1.54) is 0 Å². The molecule has 0 aromatic heterocycles. The maximum absolute atomic E-state index is 10.9. The number of hydrogen-bond acceptors (Lipinski definition) is 3. The van der Waals surface area contributed by atoms with Crippen LogP contribution in [0.25, 0.3) is 0 Å². The summed E-state index contributed by atoms with van der Waals surface area (Å²) < 4.78 is 21.7. The molecule has 80 valence electrons. The van der Waals surface area contributed by atoms with Crippen LogP contribution < -0.4 is 0 Å². The van der Waals surface area contributed by atoms with Crippen molar-refractivity contribution in [3.8, 4) is 0 Å². The molecule has 1 rings (SSSR count). The van der Waals surface area contributed by atoms with Crippen molar-refractivity contribution in [1.29, 1.82) is 0 Å². The molecule has 3 nitrogen and oxygen atoms in total. The van der Waals surface area contributed by atoms with Gasteiger partial charge >= 0.3 is 0 Å². The quantitative estimate of drug-likeness (QED) is 0.703. The zero-order valence-corrected chi connectivity index (χ0v) is 9.56. The Morgan fingerprint density at radius 3 is 2.57 bits per heavy atom. The zero-order chi connectivity index (χ0) is 11.0. The van der Waals surface area contributed by atoms with Gasteiger partial charge in [0.25, 0.3) is 0 Å². The molecule has 0 aromatic carbocycles. The van der Waals surface area contributed by atoms with Gasteiger partial charge in [0.15, 0.2) is 9.84 Å². The standard InChI is InChI=1S/C10H16O3S/c1-10(2)8(6-9(10)7-11)4-5-14(3,12)13/h5,9,11H,6-7H2,1-3H3. The fourth-order valence-corrected chi connectivity index (χ4v) is 1.95. The molecule has 1 atom stereocenters. The largest absolute Gasteiger partial charge is 0.396 e. The second kappa shape index (κ2) is 3.54. The fourth-order valence-electron chi connectivity index (χ4n) is 1.60. The van der Waals surface area contributed by atoms with E-state index in [0.29, 0.717) is 0 Å². The molecule has 1 fully saturated rings. The van der Waals surface area contributed by atoms with Crippen molar-refractivity contribution >= 4 is 9.84 Å². The maximum Gasteiger partial charge on any atom is 0.175 e. The van der Waals surface area contributed by atoms with Crippen LogP contribution in [0.4, 0.5) is 0 Å². The van der Waals surface area contributed by atoms with Crippen LogP contribution in [-0.4, -0.2) is 26.4 Å². The van der Waals surface area contributed by atoms with Crippen molar-refractivity contribution in [3.63, 3.8) is 0 Å². The van der Waals surface area contributed by atoms with E-state index in [2.05, 4.69) is 5.73 Å². The molecule has 0 saturated heterocycles. The van der Waals surface area contributed by atoms with Crippen molar-refractivity contribution in [2.45, 2.75) is 20.3 Å². The van der Waals surface area contributed by atoms with E-state index in [9.17, 15) is 8.42 Å². The van der Waals surface area contributed by atoms with Crippen LogP contribution in [0.3, 0.4) is 0 Å². The average Bonchev–Trinajstić information content (AvgIpc) is 2.00. The molecule has 0 spiro atoms. The highest BCUT2D eigenvalue weighted by Gasteiger charge is 2.42. The minimum absolute atomic E-state index is 0.115. The SMILES string of the molecule is CC1(C)C(=C=CS(C)(=O)=O)CC1CO. The van der Waals surface area contributed by atoms with Crippen molar-refractivity contribution in [2.24, 2.45) is 11.3 Å². The van der Waals surface area contributed by atoms with Crippen molar-refractivity contribution < 1.29 is 13.5 Å². The molecule has 0 aromatic rings. The van der Waals surface area contributed by atoms with Gasteiger partial charge in [0, 0.05) is 12.9 Å². The summed E-state index contributed by atoms with van der Waals surface area (Å²) in [5, 5.41) is 10.1. The van der Waals surface area contributed by atoms with E-state index in [0.717, 1.165) is 23.7 Å². The molecule has 0 aliphatic heterocycles. The summed E-state index contributed by atoms with van der Waals surface area (Å²) in [5.41, 5.74) is 3.67. The van der Waals surface area contributed by atoms with Gasteiger partial charge < -0.3 is 5.11 Å². The second-order valence-electron chi connectivity index (χ2n) is 4.38. The first-order valence-electron chi connectivity index (χ1n) is 4.54. The van der Waals surface area contributed by atoms with E-state index in [-0.39, 0.29) is 17.9 Å². The second-order valence-corrected chi connectivity index (χ2v) is 6.27. The normalized spacial score (nSPS) is 25.1. The van der Waals surface area contributed by atoms with Crippen molar-refractivity contribution in [1.82, 2.24) is 0 Å². The number of allylic oxidation sites excluding steroid dienone is 1. The molecule has 0 amide bonds. The van der Waals surface area contributed by atoms with Crippen LogP contribution in [-0.2, 0) is 9.84 Å². The van der Waals surface area contributed by atoms with E-state index in [1.807, 2.05) is 13.8 Å². The lowest BCUT2D eigenvalue weighted by atomic mass is 9.59. The smallest absolute Gasteiger partial charge is 0.175 e. The van der Waals surface area contributed by atoms with Crippen LogP contribution in [0.2, 0.25) is 0 Å². The lowest BCUT2D eigenvalue weighted by Crippen LogP contribution is -2.39. The van der Waals surface area contributed by atoms with Crippen molar-refractivity contribution in [2.75, 3.05) is 12.9 Å². The van der Waals surface area contributed by atoms with Gasteiger partial charge in [-0.2, -0.15) is 0 Å². The van der Waals surface area contributed by atoms with Crippen LogP contribution in [0, 0.1) is 11.3 Å². The Morgan fingerprint density at radius 1 is 1.64 bits per heavy atom. The number of aliphatic hydroxyl groups is 1. The molecule has 14 heavy (non-hydrogen) atoms. The van der Waals surface area contributed by atoms with E-state index in [4.69, 9.17) is 5.11 Å². The minimum atomic E-state index is -3.09. The van der Waals surface area contributed by atoms with Crippen LogP contribution in [0.5, 0.6) is 0 Å². The molecule has 0 radical (unpaired) electrons. The first-order chi connectivity index (χ1) is 6.27. The third kappa shape index (κ3) is 2.27. The van der Waals surface area contributed by atoms with Gasteiger partial charge in [-0.15, -0.1) is 5.73 Å². The van der Waals surface area contributed by atoms with Gasteiger partial charge in [0.05, 0.1) is 5.41 Å². The molecule has 1 unspecified atom stereocenters. The highest BCUT2D eigenvalue weighted by molar-refractivity contribution is 7.93. The Morgan fingerprint density at radius 2 is 2.21 bits per heavy atom. The third-order valence-electron chi connectivity index (χ3n) is 2.92. The molecular formula is C10H16O3S. The third-order valence-corrected chi connectivity index (χ3v) is 3.46. The van der Waals surface area contributed by atoms with Crippen LogP contribution in [0.1, 0.15) is 20.3 Å². The summed E-state index contributed by atoms with van der Waals surface area (Å²) in [7, 11) is -3.09. The summed E-state index contributed by atoms with van der Waals surface area (Å²) >= 11 is 0. The molecule has 1 aliphatic carbocycles. The van der Waals surface area contributed by atoms with Gasteiger partial charge in [-0.1, -0.05) is 13.8 Å². The lowest BCUT2D eigenvalue weighted by molar-refractivity contribution is 0.0853. The minimum Gasteiger partial charge on any atom is -0.396 e. The van der Waals surface area contributed by atoms with E-state index < -0.39 is 9.84 Å². The first-order valence-corrected chi connectivity index (χ1v) is 6.50. The lowest BCUT2D eigenvalue weighted by Gasteiger charge is -2.45. The van der Waals surface area contributed by atoms with Gasteiger partial charge in [-0.25, -0.2) is 8.42 Å². The number of sulfone groups is 1. The molecule has 1 saturated carbocycles. The van der Waals surface area contributed by atoms with Crippen LogP contribution in [0.15, 0.2) is 16.7 Å². The number of aliphatic hydroxyl groups excluding tert-OH is 1. The number of rotatable bonds is 2. The van der Waals surface area contributed by atoms with E-state index >= 15 is 0 Å². The summed E-state index contributed by atoms with van der Waals surface area (Å²) in [6.07, 6.45) is 1.89. The Kier molecular flexibility index (Phi) is 2.91. The van der Waals surface area contributed by atoms with E-state index in [1.54, 1.807) is 0 Å². The van der Waals surface area contributed by atoms with Gasteiger partial charge in [0.1, 0.15) is 0 Å². The summed E-state index contributed by atoms with van der Waals surface area (Å²) in [4.78, 5) is 0. The Hall–Kier alpha value is -0.570. The fraction of sp³-hybridized carbons (Fsp3) is 0.700. The number of hydrogen-bond donors (Lipinski definition) is 1. The van der Waals surface area contributed by atoms with Crippen molar-refractivity contribution in [3.05, 3.63) is 16.7 Å². The Bertz CT molecular complexity index is 384. The highest BCUT2D eigenvalue weighted by Crippen LogP contribution is 2.49. The predicted octanol–water partition coefficient (Wildman–Crippen LogP) is 1.11. The molecule has 1 N–H and O–H groups in total. The Balaban J connectivity index is 2.91. The van der Waals surface area contributed by atoms with Crippen LogP contribution >= 0.6 is 0 Å². The Labute approximate surface area is 85.1 Å². The average molecular weight is 216 g/mol. The summed E-state index contributed by atoms with van der Waals surface area (Å²) in [6.45, 7) is 4.14. The predicted molar refractivity (Wildman–Crippen MR) is 55.4 cm³/mol. The molecule has 1 aliphatic rings. The van der Waals surface area contributed by atoms with Gasteiger partial charge in [0.2, 0.25) is 0 Å². The van der Waals surface area contributed by atoms with Gasteiger partial charge in [-0.3, -0.25) is 0 Å². The molecule has 4 heteroatoms. The topological polar surface area (TPSA) is 54.4 Å². The molecule has 0 heterocycles. The van der Waals surface area contributed by atoms with Gasteiger partial charge in [-0.05, 0) is 23.3 Å². The molecule has 0 bridgehead atoms.